The second-order valence-electron chi connectivity index (χ2n) is 4.99. The summed E-state index contributed by atoms with van der Waals surface area (Å²) in [5.74, 6) is -1.25. The van der Waals surface area contributed by atoms with E-state index in [-0.39, 0.29) is 24.2 Å². The molecule has 2 aromatic rings. The maximum atomic E-state index is 12.6. The molecule has 2 aromatic heterocycles. The molecule has 0 saturated carbocycles. The molecule has 0 amide bonds. The number of fused-ring (bicyclic) bond motifs is 1. The van der Waals surface area contributed by atoms with E-state index in [0.29, 0.717) is 23.8 Å². The summed E-state index contributed by atoms with van der Waals surface area (Å²) in [5, 5.41) is 7.02. The Bertz CT molecular complexity index is 754. The number of aromatic amines is 2. The predicted octanol–water partition coefficient (Wildman–Crippen LogP) is 1.72. The summed E-state index contributed by atoms with van der Waals surface area (Å²) in [6, 6.07) is 0. The fraction of sp³-hybridized carbons (Fsp3) is 0.417. The van der Waals surface area contributed by atoms with Crippen molar-refractivity contribution in [2.24, 2.45) is 0 Å². The topological polar surface area (TPSA) is 77.7 Å². The minimum atomic E-state index is -4.66. The van der Waals surface area contributed by atoms with Crippen LogP contribution in [-0.2, 0) is 25.7 Å². The van der Waals surface area contributed by atoms with E-state index >= 15 is 0 Å². The molecule has 0 spiro atoms. The van der Waals surface area contributed by atoms with Crippen molar-refractivity contribution in [3.05, 3.63) is 44.3 Å². The molecular weight excluding hydrogens is 323 g/mol. The molecule has 22 heavy (non-hydrogen) atoms. The van der Waals surface area contributed by atoms with Gasteiger partial charge in [-0.05, 0) is 0 Å². The highest BCUT2D eigenvalue weighted by atomic mass is 35.5. The highest BCUT2D eigenvalue weighted by molar-refractivity contribution is 6.31. The number of aromatic nitrogens is 4. The number of hydrogen-bond donors (Lipinski definition) is 2. The molecule has 0 aliphatic carbocycles. The van der Waals surface area contributed by atoms with Crippen LogP contribution >= 0.6 is 11.6 Å². The van der Waals surface area contributed by atoms with E-state index in [9.17, 15) is 18.0 Å². The van der Waals surface area contributed by atoms with Crippen LogP contribution in [0.2, 0.25) is 5.02 Å². The van der Waals surface area contributed by atoms with Gasteiger partial charge in [-0.25, -0.2) is 4.98 Å². The standard InChI is InChI=1S/C12H11ClF3N5O/c13-7-3-17-20-9(7)5-21-2-1-8-6(4-21)10(22)19-11(18-8)12(14,15)16/h3H,1-2,4-5H2,(H,17,20)(H,18,19,22). The van der Waals surface area contributed by atoms with Crippen molar-refractivity contribution in [3.63, 3.8) is 0 Å². The number of H-pyrrole nitrogens is 2. The van der Waals surface area contributed by atoms with Crippen molar-refractivity contribution in [1.82, 2.24) is 25.1 Å². The number of nitrogens with one attached hydrogen (secondary N) is 2. The fourth-order valence-electron chi connectivity index (χ4n) is 2.38. The molecule has 0 bridgehead atoms. The SMILES string of the molecule is O=c1[nH]c(C(F)(F)F)nc2c1CN(Cc1[nH]ncc1Cl)CC2. The average Bonchev–Trinajstić information content (AvgIpc) is 2.84. The first-order valence-corrected chi connectivity index (χ1v) is 6.82. The predicted molar refractivity (Wildman–Crippen MR) is 71.3 cm³/mol. The largest absolute Gasteiger partial charge is 0.449 e. The van der Waals surface area contributed by atoms with Gasteiger partial charge in [-0.2, -0.15) is 18.3 Å². The van der Waals surface area contributed by atoms with Gasteiger partial charge in [-0.3, -0.25) is 14.8 Å². The van der Waals surface area contributed by atoms with Gasteiger partial charge < -0.3 is 4.98 Å². The summed E-state index contributed by atoms with van der Waals surface area (Å²) < 4.78 is 37.9. The van der Waals surface area contributed by atoms with E-state index < -0.39 is 17.6 Å². The second-order valence-corrected chi connectivity index (χ2v) is 5.40. The van der Waals surface area contributed by atoms with Gasteiger partial charge in [0, 0.05) is 26.1 Å². The summed E-state index contributed by atoms with van der Waals surface area (Å²) in [7, 11) is 0. The minimum absolute atomic E-state index is 0.197. The van der Waals surface area contributed by atoms with Crippen LogP contribution in [-0.4, -0.2) is 31.6 Å². The van der Waals surface area contributed by atoms with Crippen molar-refractivity contribution >= 4 is 11.6 Å². The summed E-state index contributed by atoms with van der Waals surface area (Å²) in [6.45, 7) is 1.12. The Balaban J connectivity index is 1.85. The van der Waals surface area contributed by atoms with Gasteiger partial charge >= 0.3 is 6.18 Å². The summed E-state index contributed by atoms with van der Waals surface area (Å²) in [6.07, 6.45) is -2.92. The van der Waals surface area contributed by atoms with E-state index in [1.54, 1.807) is 4.98 Å². The lowest BCUT2D eigenvalue weighted by atomic mass is 10.1. The lowest BCUT2D eigenvalue weighted by Gasteiger charge is -2.27. The highest BCUT2D eigenvalue weighted by Gasteiger charge is 2.36. The lowest BCUT2D eigenvalue weighted by molar-refractivity contribution is -0.145. The number of rotatable bonds is 2. The molecule has 1 aliphatic heterocycles. The number of alkyl halides is 3. The molecule has 10 heteroatoms. The van der Waals surface area contributed by atoms with Crippen LogP contribution in [0.25, 0.3) is 0 Å². The van der Waals surface area contributed by atoms with E-state index in [1.165, 1.54) is 6.20 Å². The Hall–Kier alpha value is -1.87. The molecule has 0 unspecified atom stereocenters. The van der Waals surface area contributed by atoms with Crippen molar-refractivity contribution in [2.75, 3.05) is 6.54 Å². The van der Waals surface area contributed by atoms with Crippen LogP contribution in [0.5, 0.6) is 0 Å². The van der Waals surface area contributed by atoms with E-state index in [4.69, 9.17) is 11.6 Å². The van der Waals surface area contributed by atoms with Crippen LogP contribution in [0.4, 0.5) is 13.2 Å². The molecular formula is C12H11ClF3N5O. The third kappa shape index (κ3) is 2.86. The van der Waals surface area contributed by atoms with Gasteiger partial charge in [0.1, 0.15) is 0 Å². The molecule has 1 aliphatic rings. The molecule has 118 valence electrons. The van der Waals surface area contributed by atoms with Gasteiger partial charge in [-0.1, -0.05) is 11.6 Å². The molecule has 0 atom stereocenters. The molecule has 6 nitrogen and oxygen atoms in total. The van der Waals surface area contributed by atoms with Gasteiger partial charge in [-0.15, -0.1) is 0 Å². The third-order valence-electron chi connectivity index (χ3n) is 3.46. The number of nitrogens with zero attached hydrogens (tertiary/aromatic N) is 3. The zero-order valence-electron chi connectivity index (χ0n) is 11.2. The fourth-order valence-corrected chi connectivity index (χ4v) is 2.53. The molecule has 0 radical (unpaired) electrons. The quantitative estimate of drug-likeness (QED) is 0.877. The molecule has 0 aromatic carbocycles. The molecule has 3 rings (SSSR count). The first-order valence-electron chi connectivity index (χ1n) is 6.44. The monoisotopic (exact) mass is 333 g/mol. The Morgan fingerprint density at radius 3 is 2.82 bits per heavy atom. The molecule has 0 saturated heterocycles. The average molecular weight is 334 g/mol. The summed E-state index contributed by atoms with van der Waals surface area (Å²) in [5.41, 5.74) is 0.400. The van der Waals surface area contributed by atoms with E-state index in [2.05, 4.69) is 15.2 Å². The third-order valence-corrected chi connectivity index (χ3v) is 3.79. The van der Waals surface area contributed by atoms with Crippen molar-refractivity contribution in [1.29, 1.82) is 0 Å². The van der Waals surface area contributed by atoms with Gasteiger partial charge in [0.15, 0.2) is 0 Å². The van der Waals surface area contributed by atoms with Crippen LogP contribution < -0.4 is 5.56 Å². The second kappa shape index (κ2) is 5.40. The number of halogens is 4. The van der Waals surface area contributed by atoms with Crippen molar-refractivity contribution in [3.8, 4) is 0 Å². The normalized spacial score (nSPS) is 15.8. The maximum Gasteiger partial charge on any atom is 0.449 e. The summed E-state index contributed by atoms with van der Waals surface area (Å²) >= 11 is 5.94. The summed E-state index contributed by atoms with van der Waals surface area (Å²) in [4.78, 5) is 19.1. The molecule has 0 fully saturated rings. The Kier molecular flexibility index (Phi) is 3.69. The minimum Gasteiger partial charge on any atom is -0.303 e. The van der Waals surface area contributed by atoms with Crippen LogP contribution in [0.1, 0.15) is 22.8 Å². The van der Waals surface area contributed by atoms with Crippen LogP contribution in [0, 0.1) is 0 Å². The van der Waals surface area contributed by atoms with Gasteiger partial charge in [0.05, 0.1) is 28.2 Å². The molecule has 3 heterocycles. The van der Waals surface area contributed by atoms with Gasteiger partial charge in [0.25, 0.3) is 5.56 Å². The maximum absolute atomic E-state index is 12.6. The Labute approximate surface area is 127 Å². The molecule has 2 N–H and O–H groups in total. The zero-order valence-corrected chi connectivity index (χ0v) is 11.9. The first-order chi connectivity index (χ1) is 10.3. The first kappa shape index (κ1) is 15.0. The Morgan fingerprint density at radius 1 is 1.41 bits per heavy atom. The van der Waals surface area contributed by atoms with Gasteiger partial charge in [0.2, 0.25) is 5.82 Å². The lowest BCUT2D eigenvalue weighted by Crippen LogP contribution is -2.36. The smallest absolute Gasteiger partial charge is 0.303 e. The van der Waals surface area contributed by atoms with Crippen molar-refractivity contribution < 1.29 is 13.2 Å². The van der Waals surface area contributed by atoms with E-state index in [1.807, 2.05) is 4.90 Å². The van der Waals surface area contributed by atoms with Crippen molar-refractivity contribution in [2.45, 2.75) is 25.7 Å². The van der Waals surface area contributed by atoms with E-state index in [0.717, 1.165) is 0 Å². The number of hydrogen-bond acceptors (Lipinski definition) is 4. The van der Waals surface area contributed by atoms with Crippen LogP contribution in [0.3, 0.4) is 0 Å². The Morgan fingerprint density at radius 2 is 2.18 bits per heavy atom. The van der Waals surface area contributed by atoms with Crippen LogP contribution in [0.15, 0.2) is 11.0 Å². The zero-order chi connectivity index (χ0) is 15.9. The highest BCUT2D eigenvalue weighted by Crippen LogP contribution is 2.27.